The first-order valence-electron chi connectivity index (χ1n) is 6.96. The number of hydrogen-bond acceptors (Lipinski definition) is 2. The minimum Gasteiger partial charge on any atom is -0.469 e. The van der Waals surface area contributed by atoms with Crippen molar-refractivity contribution in [3.8, 4) is 0 Å². The van der Waals surface area contributed by atoms with E-state index in [4.69, 9.17) is 4.42 Å². The lowest BCUT2D eigenvalue weighted by atomic mass is 9.93. The molecule has 1 aliphatic rings. The third-order valence-electron chi connectivity index (χ3n) is 3.95. The fraction of sp³-hybridized carbons (Fsp3) is 0.375. The number of rotatable bonds is 2. The first-order valence-corrected chi connectivity index (χ1v) is 6.96. The highest BCUT2D eigenvalue weighted by molar-refractivity contribution is 5.55. The van der Waals surface area contributed by atoms with E-state index in [1.807, 2.05) is 13.0 Å². The van der Waals surface area contributed by atoms with Crippen LogP contribution in [0.15, 0.2) is 34.9 Å². The summed E-state index contributed by atoms with van der Waals surface area (Å²) in [6.07, 6.45) is 0.0711. The number of halogens is 3. The molecule has 1 atom stereocenters. The Kier molecular flexibility index (Phi) is 3.43. The molecule has 0 radical (unpaired) electrons. The quantitative estimate of drug-likeness (QED) is 0.834. The smallest absolute Gasteiger partial charge is 0.416 e. The minimum atomic E-state index is -4.32. The standard InChI is InChI=1S/C16H16F3NO/c1-10-5-6-11(16(17,18)19)9-14(10)20-13-3-2-4-15-12(13)7-8-21-15/h5-9,13,20H,2-4H2,1H3. The van der Waals surface area contributed by atoms with Crippen LogP contribution < -0.4 is 5.32 Å². The zero-order valence-electron chi connectivity index (χ0n) is 11.6. The maximum Gasteiger partial charge on any atom is 0.416 e. The maximum atomic E-state index is 12.8. The first-order chi connectivity index (χ1) is 9.95. The van der Waals surface area contributed by atoms with Crippen molar-refractivity contribution in [1.82, 2.24) is 0 Å². The average molecular weight is 295 g/mol. The van der Waals surface area contributed by atoms with Crippen LogP contribution in [0.2, 0.25) is 0 Å². The molecule has 2 nitrogen and oxygen atoms in total. The van der Waals surface area contributed by atoms with E-state index >= 15 is 0 Å². The van der Waals surface area contributed by atoms with Crippen molar-refractivity contribution in [2.45, 2.75) is 38.4 Å². The largest absolute Gasteiger partial charge is 0.469 e. The Morgan fingerprint density at radius 1 is 1.24 bits per heavy atom. The second kappa shape index (κ2) is 5.13. The summed E-state index contributed by atoms with van der Waals surface area (Å²) < 4.78 is 43.9. The maximum absolute atomic E-state index is 12.8. The van der Waals surface area contributed by atoms with Crippen LogP contribution in [-0.2, 0) is 12.6 Å². The van der Waals surface area contributed by atoms with Crippen molar-refractivity contribution in [2.75, 3.05) is 5.32 Å². The molecule has 0 bridgehead atoms. The molecule has 5 heteroatoms. The first kappa shape index (κ1) is 14.0. The molecule has 21 heavy (non-hydrogen) atoms. The highest BCUT2D eigenvalue weighted by Crippen LogP contribution is 2.36. The van der Waals surface area contributed by atoms with Gasteiger partial charge in [-0.25, -0.2) is 0 Å². The molecule has 112 valence electrons. The van der Waals surface area contributed by atoms with E-state index in [2.05, 4.69) is 5.32 Å². The summed E-state index contributed by atoms with van der Waals surface area (Å²) >= 11 is 0. The molecular formula is C16H16F3NO. The van der Waals surface area contributed by atoms with E-state index in [0.717, 1.165) is 42.2 Å². The molecule has 0 saturated carbocycles. The fourth-order valence-electron chi connectivity index (χ4n) is 2.78. The summed E-state index contributed by atoms with van der Waals surface area (Å²) in [5.74, 6) is 0.934. The topological polar surface area (TPSA) is 25.2 Å². The van der Waals surface area contributed by atoms with Crippen LogP contribution in [-0.4, -0.2) is 0 Å². The summed E-state index contributed by atoms with van der Waals surface area (Å²) in [5, 5.41) is 3.24. The number of alkyl halides is 3. The summed E-state index contributed by atoms with van der Waals surface area (Å²) in [7, 11) is 0. The highest BCUT2D eigenvalue weighted by Gasteiger charge is 2.31. The fourth-order valence-corrected chi connectivity index (χ4v) is 2.78. The van der Waals surface area contributed by atoms with Gasteiger partial charge >= 0.3 is 6.18 Å². The Morgan fingerprint density at radius 2 is 2.05 bits per heavy atom. The van der Waals surface area contributed by atoms with E-state index < -0.39 is 11.7 Å². The molecule has 0 spiro atoms. The van der Waals surface area contributed by atoms with Crippen molar-refractivity contribution < 1.29 is 17.6 Å². The van der Waals surface area contributed by atoms with Crippen LogP contribution in [0.3, 0.4) is 0 Å². The number of fused-ring (bicyclic) bond motifs is 1. The van der Waals surface area contributed by atoms with Crippen LogP contribution in [0.5, 0.6) is 0 Å². The second-order valence-electron chi connectivity index (χ2n) is 5.42. The van der Waals surface area contributed by atoms with Gasteiger partial charge in [0.2, 0.25) is 0 Å². The van der Waals surface area contributed by atoms with Gasteiger partial charge in [-0.05, 0) is 43.5 Å². The van der Waals surface area contributed by atoms with E-state index in [1.54, 1.807) is 6.26 Å². The Balaban J connectivity index is 1.89. The Morgan fingerprint density at radius 3 is 2.81 bits per heavy atom. The van der Waals surface area contributed by atoms with E-state index in [1.165, 1.54) is 12.1 Å². The third kappa shape index (κ3) is 2.77. The average Bonchev–Trinajstić information content (AvgIpc) is 2.89. The molecule has 0 aliphatic heterocycles. The predicted molar refractivity (Wildman–Crippen MR) is 74.2 cm³/mol. The summed E-state index contributed by atoms with van der Waals surface area (Å²) in [6.45, 7) is 1.81. The van der Waals surface area contributed by atoms with Crippen LogP contribution in [0, 0.1) is 6.92 Å². The monoisotopic (exact) mass is 295 g/mol. The van der Waals surface area contributed by atoms with Gasteiger partial charge in [-0.3, -0.25) is 0 Å². The molecule has 0 amide bonds. The third-order valence-corrected chi connectivity index (χ3v) is 3.95. The van der Waals surface area contributed by atoms with Crippen molar-refractivity contribution in [1.29, 1.82) is 0 Å². The number of benzene rings is 1. The normalized spacial score (nSPS) is 18.4. The molecule has 3 rings (SSSR count). The molecule has 1 aliphatic carbocycles. The zero-order valence-corrected chi connectivity index (χ0v) is 11.6. The number of furan rings is 1. The van der Waals surface area contributed by atoms with E-state index in [-0.39, 0.29) is 6.04 Å². The Labute approximate surface area is 121 Å². The van der Waals surface area contributed by atoms with Gasteiger partial charge in [0, 0.05) is 17.7 Å². The highest BCUT2D eigenvalue weighted by atomic mass is 19.4. The SMILES string of the molecule is Cc1ccc(C(F)(F)F)cc1NC1CCCc2occc21. The summed E-state index contributed by atoms with van der Waals surface area (Å²) in [4.78, 5) is 0. The van der Waals surface area contributed by atoms with Gasteiger partial charge in [-0.1, -0.05) is 6.07 Å². The van der Waals surface area contributed by atoms with Gasteiger partial charge in [0.15, 0.2) is 0 Å². The lowest BCUT2D eigenvalue weighted by Crippen LogP contribution is -2.17. The minimum absolute atomic E-state index is 0.00897. The van der Waals surface area contributed by atoms with Gasteiger partial charge in [0.05, 0.1) is 17.9 Å². The molecule has 1 N–H and O–H groups in total. The lowest BCUT2D eigenvalue weighted by molar-refractivity contribution is -0.137. The number of anilines is 1. The summed E-state index contributed by atoms with van der Waals surface area (Å²) in [5.41, 5.74) is 1.76. The Hall–Kier alpha value is -1.91. The molecule has 1 aromatic heterocycles. The molecule has 2 aromatic rings. The van der Waals surface area contributed by atoms with Gasteiger partial charge in [-0.2, -0.15) is 13.2 Å². The molecule has 0 saturated heterocycles. The molecule has 1 heterocycles. The molecular weight excluding hydrogens is 279 g/mol. The van der Waals surface area contributed by atoms with Crippen LogP contribution in [0.25, 0.3) is 0 Å². The van der Waals surface area contributed by atoms with E-state index in [9.17, 15) is 13.2 Å². The second-order valence-corrected chi connectivity index (χ2v) is 5.42. The lowest BCUT2D eigenvalue weighted by Gasteiger charge is -2.25. The molecule has 1 unspecified atom stereocenters. The van der Waals surface area contributed by atoms with Crippen LogP contribution in [0.1, 0.15) is 41.3 Å². The molecule has 0 fully saturated rings. The van der Waals surface area contributed by atoms with Crippen molar-refractivity contribution in [3.63, 3.8) is 0 Å². The van der Waals surface area contributed by atoms with Gasteiger partial charge in [0.25, 0.3) is 0 Å². The predicted octanol–water partition coefficient (Wildman–Crippen LogP) is 5.10. The van der Waals surface area contributed by atoms with E-state index in [0.29, 0.717) is 5.69 Å². The number of nitrogens with one attached hydrogen (secondary N) is 1. The van der Waals surface area contributed by atoms with Crippen LogP contribution in [0.4, 0.5) is 18.9 Å². The summed E-state index contributed by atoms with van der Waals surface area (Å²) in [6, 6.07) is 5.71. The van der Waals surface area contributed by atoms with Crippen molar-refractivity contribution >= 4 is 5.69 Å². The van der Waals surface area contributed by atoms with Gasteiger partial charge < -0.3 is 9.73 Å². The van der Waals surface area contributed by atoms with Crippen molar-refractivity contribution in [3.05, 3.63) is 53.0 Å². The number of hydrogen-bond donors (Lipinski definition) is 1. The molecule has 1 aromatic carbocycles. The van der Waals surface area contributed by atoms with Crippen molar-refractivity contribution in [2.24, 2.45) is 0 Å². The van der Waals surface area contributed by atoms with Gasteiger partial charge in [-0.15, -0.1) is 0 Å². The zero-order chi connectivity index (χ0) is 15.0. The Bertz CT molecular complexity index is 645. The van der Waals surface area contributed by atoms with Gasteiger partial charge in [0.1, 0.15) is 5.76 Å². The number of aryl methyl sites for hydroxylation is 2. The van der Waals surface area contributed by atoms with Crippen LogP contribution >= 0.6 is 0 Å².